The van der Waals surface area contributed by atoms with Crippen molar-refractivity contribution >= 4 is 49.2 Å². The Hall–Kier alpha value is -1.11. The predicted octanol–water partition coefficient (Wildman–Crippen LogP) is 4.67. The number of benzene rings is 1. The van der Waals surface area contributed by atoms with Gasteiger partial charge in [0.2, 0.25) is 0 Å². The van der Waals surface area contributed by atoms with Crippen LogP contribution in [-0.4, -0.2) is 9.55 Å². The van der Waals surface area contributed by atoms with Crippen LogP contribution in [0.15, 0.2) is 38.7 Å². The smallest absolute Gasteiger partial charge is 0.262 e. The van der Waals surface area contributed by atoms with E-state index in [0.717, 1.165) is 36.0 Å². The van der Waals surface area contributed by atoms with Crippen molar-refractivity contribution in [2.45, 2.75) is 24.8 Å². The molecule has 0 unspecified atom stereocenters. The second-order valence-corrected chi connectivity index (χ2v) is 8.20. The first-order chi connectivity index (χ1) is 10.5. The first kappa shape index (κ1) is 15.8. The number of halogens is 1. The Labute approximate surface area is 145 Å². The van der Waals surface area contributed by atoms with Gasteiger partial charge in [-0.15, -0.1) is 11.3 Å². The van der Waals surface area contributed by atoms with Crippen LogP contribution >= 0.6 is 39.0 Å². The van der Waals surface area contributed by atoms with Gasteiger partial charge in [-0.05, 0) is 37.1 Å². The van der Waals surface area contributed by atoms with E-state index in [1.165, 1.54) is 5.56 Å². The van der Waals surface area contributed by atoms with Gasteiger partial charge in [0, 0.05) is 22.2 Å². The molecular weight excluding hydrogens is 380 g/mol. The van der Waals surface area contributed by atoms with Crippen molar-refractivity contribution in [2.75, 3.05) is 0 Å². The highest BCUT2D eigenvalue weighted by Gasteiger charge is 2.14. The zero-order valence-corrected chi connectivity index (χ0v) is 15.7. The van der Waals surface area contributed by atoms with Gasteiger partial charge in [-0.25, -0.2) is 4.98 Å². The average molecular weight is 395 g/mol. The van der Waals surface area contributed by atoms with E-state index in [1.807, 2.05) is 26.0 Å². The topological polar surface area (TPSA) is 34.9 Å². The van der Waals surface area contributed by atoms with Gasteiger partial charge >= 0.3 is 0 Å². The van der Waals surface area contributed by atoms with Crippen LogP contribution in [0, 0.1) is 13.8 Å². The number of hydrogen-bond donors (Lipinski definition) is 0. The van der Waals surface area contributed by atoms with E-state index < -0.39 is 0 Å². The predicted molar refractivity (Wildman–Crippen MR) is 98.0 cm³/mol. The van der Waals surface area contributed by atoms with Gasteiger partial charge in [0.05, 0.1) is 5.39 Å². The minimum atomic E-state index is 0.0450. The number of aromatic nitrogens is 2. The molecule has 0 aliphatic rings. The van der Waals surface area contributed by atoms with Crippen molar-refractivity contribution in [2.24, 2.45) is 7.05 Å². The van der Waals surface area contributed by atoms with E-state index in [9.17, 15) is 4.79 Å². The normalized spacial score (nSPS) is 11.3. The second kappa shape index (κ2) is 6.18. The van der Waals surface area contributed by atoms with E-state index >= 15 is 0 Å². The molecule has 0 atom stereocenters. The Bertz CT molecular complexity index is 914. The fourth-order valence-corrected chi connectivity index (χ4v) is 4.69. The summed E-state index contributed by atoms with van der Waals surface area (Å²) in [5.74, 6) is 0.786. The number of fused-ring (bicyclic) bond motifs is 1. The van der Waals surface area contributed by atoms with Crippen LogP contribution in [0.1, 0.15) is 16.0 Å². The summed E-state index contributed by atoms with van der Waals surface area (Å²) in [5, 5.41) is 1.52. The van der Waals surface area contributed by atoms with Gasteiger partial charge in [0.1, 0.15) is 4.83 Å². The molecule has 0 aliphatic heterocycles. The van der Waals surface area contributed by atoms with Crippen molar-refractivity contribution in [1.82, 2.24) is 9.55 Å². The van der Waals surface area contributed by atoms with Crippen molar-refractivity contribution in [3.63, 3.8) is 0 Å². The van der Waals surface area contributed by atoms with Crippen molar-refractivity contribution in [3.05, 3.63) is 55.1 Å². The molecule has 0 fully saturated rings. The third-order valence-corrected chi connectivity index (χ3v) is 6.32. The molecule has 114 valence electrons. The summed E-state index contributed by atoms with van der Waals surface area (Å²) in [5.41, 5.74) is 2.30. The highest BCUT2D eigenvalue weighted by Crippen LogP contribution is 2.29. The molecule has 2 aromatic heterocycles. The van der Waals surface area contributed by atoms with Crippen LogP contribution in [0.2, 0.25) is 0 Å². The molecule has 1 aromatic carbocycles. The number of hydrogen-bond acceptors (Lipinski definition) is 4. The molecule has 6 heteroatoms. The van der Waals surface area contributed by atoms with E-state index in [4.69, 9.17) is 0 Å². The molecule has 0 amide bonds. The molecular formula is C16H15BrN2OS2. The second-order valence-electron chi connectivity index (χ2n) is 5.14. The van der Waals surface area contributed by atoms with Crippen LogP contribution in [0.3, 0.4) is 0 Å². The monoisotopic (exact) mass is 394 g/mol. The largest absolute Gasteiger partial charge is 0.290 e. The maximum absolute atomic E-state index is 12.6. The number of thioether (sulfide) groups is 1. The Morgan fingerprint density at radius 3 is 2.86 bits per heavy atom. The molecule has 0 N–H and O–H groups in total. The maximum Gasteiger partial charge on any atom is 0.262 e. The molecule has 2 heterocycles. The number of rotatable bonds is 3. The molecule has 3 aromatic rings. The highest BCUT2D eigenvalue weighted by atomic mass is 79.9. The zero-order valence-electron chi connectivity index (χ0n) is 12.5. The molecule has 0 saturated carbocycles. The lowest BCUT2D eigenvalue weighted by Gasteiger charge is -2.07. The van der Waals surface area contributed by atoms with Gasteiger partial charge in [0.15, 0.2) is 5.16 Å². The summed E-state index contributed by atoms with van der Waals surface area (Å²) in [6.45, 7) is 4.03. The van der Waals surface area contributed by atoms with E-state index in [-0.39, 0.29) is 5.56 Å². The molecule has 0 radical (unpaired) electrons. The van der Waals surface area contributed by atoms with Gasteiger partial charge in [0.25, 0.3) is 5.56 Å². The van der Waals surface area contributed by atoms with Gasteiger partial charge in [-0.3, -0.25) is 9.36 Å². The number of aryl methyl sites for hydroxylation is 2. The third-order valence-electron chi connectivity index (χ3n) is 3.63. The highest BCUT2D eigenvalue weighted by molar-refractivity contribution is 9.10. The standard InChI is InChI=1S/C16H15BrN2OS2/c1-9-10(2)22-14-13(9)15(20)19(3)16(18-14)21-8-11-5-4-6-12(17)7-11/h4-7H,8H2,1-3H3. The summed E-state index contributed by atoms with van der Waals surface area (Å²) in [4.78, 5) is 19.2. The quantitative estimate of drug-likeness (QED) is 0.478. The summed E-state index contributed by atoms with van der Waals surface area (Å²) < 4.78 is 2.72. The van der Waals surface area contributed by atoms with E-state index in [0.29, 0.717) is 0 Å². The van der Waals surface area contributed by atoms with Crippen LogP contribution in [0.5, 0.6) is 0 Å². The van der Waals surface area contributed by atoms with Crippen LogP contribution in [0.4, 0.5) is 0 Å². The van der Waals surface area contributed by atoms with Crippen molar-refractivity contribution < 1.29 is 0 Å². The zero-order chi connectivity index (χ0) is 15.9. The number of nitrogens with zero attached hydrogens (tertiary/aromatic N) is 2. The third kappa shape index (κ3) is 2.87. The molecule has 3 rings (SSSR count). The Kier molecular flexibility index (Phi) is 4.43. The van der Waals surface area contributed by atoms with Crippen molar-refractivity contribution in [3.8, 4) is 0 Å². The molecule has 0 aliphatic carbocycles. The summed E-state index contributed by atoms with van der Waals surface area (Å²) in [6, 6.07) is 8.18. The molecule has 3 nitrogen and oxygen atoms in total. The Morgan fingerprint density at radius 1 is 1.36 bits per heavy atom. The van der Waals surface area contributed by atoms with Crippen LogP contribution < -0.4 is 5.56 Å². The fourth-order valence-electron chi connectivity index (χ4n) is 2.26. The molecule has 0 spiro atoms. The van der Waals surface area contributed by atoms with Crippen LogP contribution in [-0.2, 0) is 12.8 Å². The molecule has 0 saturated heterocycles. The summed E-state index contributed by atoms with van der Waals surface area (Å²) >= 11 is 6.66. The van der Waals surface area contributed by atoms with Gasteiger partial charge in [-0.2, -0.15) is 0 Å². The minimum Gasteiger partial charge on any atom is -0.290 e. The SMILES string of the molecule is Cc1sc2nc(SCc3cccc(Br)c3)n(C)c(=O)c2c1C. The summed E-state index contributed by atoms with van der Waals surface area (Å²) in [7, 11) is 1.80. The first-order valence-electron chi connectivity index (χ1n) is 6.81. The van der Waals surface area contributed by atoms with Gasteiger partial charge in [-0.1, -0.05) is 39.8 Å². The Morgan fingerprint density at radius 2 is 2.14 bits per heavy atom. The van der Waals surface area contributed by atoms with E-state index in [2.05, 4.69) is 33.0 Å². The first-order valence-corrected chi connectivity index (χ1v) is 9.41. The number of thiophene rings is 1. The lowest BCUT2D eigenvalue weighted by Crippen LogP contribution is -2.19. The maximum atomic E-state index is 12.6. The average Bonchev–Trinajstić information content (AvgIpc) is 2.76. The summed E-state index contributed by atoms with van der Waals surface area (Å²) in [6.07, 6.45) is 0. The molecule has 0 bridgehead atoms. The molecule has 22 heavy (non-hydrogen) atoms. The fraction of sp³-hybridized carbons (Fsp3) is 0.250. The lowest BCUT2D eigenvalue weighted by molar-refractivity contribution is 0.727. The minimum absolute atomic E-state index is 0.0450. The van der Waals surface area contributed by atoms with Crippen LogP contribution in [0.25, 0.3) is 10.2 Å². The Balaban J connectivity index is 1.97. The van der Waals surface area contributed by atoms with Crippen molar-refractivity contribution in [1.29, 1.82) is 0 Å². The van der Waals surface area contributed by atoms with Gasteiger partial charge < -0.3 is 0 Å². The lowest BCUT2D eigenvalue weighted by atomic mass is 10.2. The van der Waals surface area contributed by atoms with E-state index in [1.54, 1.807) is 34.7 Å².